The van der Waals surface area contributed by atoms with E-state index in [4.69, 9.17) is 21.1 Å². The van der Waals surface area contributed by atoms with Gasteiger partial charge >= 0.3 is 11.8 Å². The van der Waals surface area contributed by atoms with Crippen LogP contribution in [0, 0.1) is 0 Å². The van der Waals surface area contributed by atoms with Crippen LogP contribution in [0.1, 0.15) is 25.0 Å². The number of nitrogens with one attached hydrogen (secondary N) is 2. The molecule has 2 rings (SSSR count). The van der Waals surface area contributed by atoms with E-state index in [1.807, 2.05) is 32.0 Å². The van der Waals surface area contributed by atoms with Crippen molar-refractivity contribution in [3.05, 3.63) is 58.6 Å². The fraction of sp³-hybridized carbons (Fsp3) is 0.333. The molecule has 6 nitrogen and oxygen atoms in total. The molecule has 2 N–H and O–H groups in total. The van der Waals surface area contributed by atoms with Crippen LogP contribution in [0.5, 0.6) is 11.5 Å². The molecule has 150 valence electrons. The maximum atomic E-state index is 11.9. The molecule has 2 aromatic carbocycles. The van der Waals surface area contributed by atoms with E-state index in [2.05, 4.69) is 10.6 Å². The SMILES string of the molecule is CCOc1ccc(CCNC(=O)C(=O)NCc2ccc(Cl)cc2)cc1OCC. The highest BCUT2D eigenvalue weighted by atomic mass is 35.5. The molecule has 0 aliphatic carbocycles. The molecule has 0 heterocycles. The normalized spacial score (nSPS) is 10.2. The smallest absolute Gasteiger partial charge is 0.309 e. The summed E-state index contributed by atoms with van der Waals surface area (Å²) in [6, 6.07) is 12.7. The Balaban J connectivity index is 1.79. The largest absolute Gasteiger partial charge is 0.490 e. The Morgan fingerprint density at radius 1 is 0.857 bits per heavy atom. The third kappa shape index (κ3) is 6.78. The van der Waals surface area contributed by atoms with Gasteiger partial charge in [-0.05, 0) is 55.7 Å². The van der Waals surface area contributed by atoms with Crippen molar-refractivity contribution in [2.24, 2.45) is 0 Å². The summed E-state index contributed by atoms with van der Waals surface area (Å²) in [7, 11) is 0. The summed E-state index contributed by atoms with van der Waals surface area (Å²) in [5.74, 6) is 0.0363. The van der Waals surface area contributed by atoms with Gasteiger partial charge in [0.15, 0.2) is 11.5 Å². The average molecular weight is 405 g/mol. The summed E-state index contributed by atoms with van der Waals surface area (Å²) in [4.78, 5) is 23.8. The van der Waals surface area contributed by atoms with Crippen molar-refractivity contribution in [2.75, 3.05) is 19.8 Å². The Bertz CT molecular complexity index is 793. The molecule has 0 aliphatic heterocycles. The van der Waals surface area contributed by atoms with Crippen molar-refractivity contribution >= 4 is 23.4 Å². The summed E-state index contributed by atoms with van der Waals surface area (Å²) in [6.45, 7) is 5.52. The highest BCUT2D eigenvalue weighted by molar-refractivity contribution is 6.35. The summed E-state index contributed by atoms with van der Waals surface area (Å²) in [5, 5.41) is 5.83. The van der Waals surface area contributed by atoms with Crippen LogP contribution in [0.4, 0.5) is 0 Å². The molecule has 0 saturated heterocycles. The molecule has 28 heavy (non-hydrogen) atoms. The Hall–Kier alpha value is -2.73. The van der Waals surface area contributed by atoms with Crippen LogP contribution in [0.25, 0.3) is 0 Å². The molecule has 7 heteroatoms. The number of hydrogen-bond acceptors (Lipinski definition) is 4. The summed E-state index contributed by atoms with van der Waals surface area (Å²) in [6.07, 6.45) is 0.572. The van der Waals surface area contributed by atoms with Gasteiger partial charge in [0.2, 0.25) is 0 Å². The molecule has 2 aromatic rings. The van der Waals surface area contributed by atoms with Crippen molar-refractivity contribution in [3.63, 3.8) is 0 Å². The lowest BCUT2D eigenvalue weighted by atomic mass is 10.1. The van der Waals surface area contributed by atoms with Gasteiger partial charge in [-0.3, -0.25) is 9.59 Å². The molecule has 0 aliphatic rings. The summed E-state index contributed by atoms with van der Waals surface area (Å²) < 4.78 is 11.1. The first-order valence-corrected chi connectivity index (χ1v) is 9.60. The molecule has 0 spiro atoms. The van der Waals surface area contributed by atoms with E-state index in [1.165, 1.54) is 0 Å². The van der Waals surface area contributed by atoms with Gasteiger partial charge in [0.1, 0.15) is 0 Å². The van der Waals surface area contributed by atoms with Gasteiger partial charge in [-0.2, -0.15) is 0 Å². The van der Waals surface area contributed by atoms with Gasteiger partial charge < -0.3 is 20.1 Å². The summed E-state index contributed by atoms with van der Waals surface area (Å²) in [5.41, 5.74) is 1.84. The van der Waals surface area contributed by atoms with Crippen LogP contribution in [0.3, 0.4) is 0 Å². The maximum absolute atomic E-state index is 11.9. The Morgan fingerprint density at radius 2 is 1.46 bits per heavy atom. The number of benzene rings is 2. The molecule has 0 fully saturated rings. The van der Waals surface area contributed by atoms with Crippen LogP contribution in [-0.4, -0.2) is 31.6 Å². The Kier molecular flexibility index (Phi) is 8.62. The van der Waals surface area contributed by atoms with E-state index in [9.17, 15) is 9.59 Å². The number of halogens is 1. The van der Waals surface area contributed by atoms with E-state index in [-0.39, 0.29) is 6.54 Å². The van der Waals surface area contributed by atoms with E-state index in [0.717, 1.165) is 11.1 Å². The first-order valence-electron chi connectivity index (χ1n) is 9.22. The zero-order chi connectivity index (χ0) is 20.4. The second-order valence-electron chi connectivity index (χ2n) is 5.96. The molecule has 0 unspecified atom stereocenters. The number of rotatable bonds is 9. The second kappa shape index (κ2) is 11.2. The highest BCUT2D eigenvalue weighted by Gasteiger charge is 2.13. The topological polar surface area (TPSA) is 76.7 Å². The standard InChI is InChI=1S/C21H25ClN2O4/c1-3-27-18-10-7-15(13-19(18)28-4-2)11-12-23-20(25)21(26)24-14-16-5-8-17(22)9-6-16/h5-10,13H,3-4,11-12,14H2,1-2H3,(H,23,25)(H,24,26). The van der Waals surface area contributed by atoms with E-state index < -0.39 is 11.8 Å². The van der Waals surface area contributed by atoms with E-state index in [1.54, 1.807) is 24.3 Å². The third-order valence-corrected chi connectivity index (χ3v) is 4.13. The second-order valence-corrected chi connectivity index (χ2v) is 6.40. The van der Waals surface area contributed by atoms with E-state index in [0.29, 0.717) is 42.7 Å². The average Bonchev–Trinajstić information content (AvgIpc) is 2.69. The zero-order valence-corrected chi connectivity index (χ0v) is 16.8. The maximum Gasteiger partial charge on any atom is 0.309 e. The number of hydrogen-bond donors (Lipinski definition) is 2. The molecule has 0 aromatic heterocycles. The fourth-order valence-electron chi connectivity index (χ4n) is 2.52. The lowest BCUT2D eigenvalue weighted by Gasteiger charge is -2.12. The molecular weight excluding hydrogens is 380 g/mol. The van der Waals surface area contributed by atoms with Crippen LogP contribution in [-0.2, 0) is 22.6 Å². The lowest BCUT2D eigenvalue weighted by molar-refractivity contribution is -0.139. The zero-order valence-electron chi connectivity index (χ0n) is 16.1. The molecule has 0 atom stereocenters. The molecule has 2 amide bonds. The number of ether oxygens (including phenoxy) is 2. The lowest BCUT2D eigenvalue weighted by Crippen LogP contribution is -2.40. The predicted octanol–water partition coefficient (Wildman–Crippen LogP) is 3.11. The minimum absolute atomic E-state index is 0.264. The quantitative estimate of drug-likeness (QED) is 0.629. The van der Waals surface area contributed by atoms with E-state index >= 15 is 0 Å². The van der Waals surface area contributed by atoms with Gasteiger partial charge in [-0.15, -0.1) is 0 Å². The van der Waals surface area contributed by atoms with Gasteiger partial charge in [0, 0.05) is 18.1 Å². The fourth-order valence-corrected chi connectivity index (χ4v) is 2.64. The number of carbonyl (C=O) groups excluding carboxylic acids is 2. The van der Waals surface area contributed by atoms with Crippen molar-refractivity contribution in [1.82, 2.24) is 10.6 Å². The van der Waals surface area contributed by atoms with Crippen molar-refractivity contribution < 1.29 is 19.1 Å². The van der Waals surface area contributed by atoms with Crippen molar-refractivity contribution in [1.29, 1.82) is 0 Å². The Labute approximate surface area is 170 Å². The van der Waals surface area contributed by atoms with Gasteiger partial charge in [0.05, 0.1) is 13.2 Å². The van der Waals surface area contributed by atoms with Crippen molar-refractivity contribution in [3.8, 4) is 11.5 Å². The minimum Gasteiger partial charge on any atom is -0.490 e. The molecule has 0 bridgehead atoms. The van der Waals surface area contributed by atoms with Gasteiger partial charge in [-0.25, -0.2) is 0 Å². The molecule has 0 saturated carbocycles. The third-order valence-electron chi connectivity index (χ3n) is 3.88. The molecule has 0 radical (unpaired) electrons. The highest BCUT2D eigenvalue weighted by Crippen LogP contribution is 2.28. The van der Waals surface area contributed by atoms with Crippen LogP contribution >= 0.6 is 11.6 Å². The van der Waals surface area contributed by atoms with Crippen LogP contribution in [0.15, 0.2) is 42.5 Å². The minimum atomic E-state index is -0.670. The number of carbonyl (C=O) groups is 2. The monoisotopic (exact) mass is 404 g/mol. The summed E-state index contributed by atoms with van der Waals surface area (Å²) >= 11 is 5.82. The van der Waals surface area contributed by atoms with Crippen molar-refractivity contribution in [2.45, 2.75) is 26.8 Å². The first-order chi connectivity index (χ1) is 13.5. The molecular formula is C21H25ClN2O4. The first kappa shape index (κ1) is 21.6. The van der Waals surface area contributed by atoms with Crippen LogP contribution in [0.2, 0.25) is 5.02 Å². The van der Waals surface area contributed by atoms with Crippen LogP contribution < -0.4 is 20.1 Å². The van der Waals surface area contributed by atoms with Gasteiger partial charge in [0.25, 0.3) is 0 Å². The number of amides is 2. The van der Waals surface area contributed by atoms with Gasteiger partial charge in [-0.1, -0.05) is 29.8 Å². The predicted molar refractivity (Wildman–Crippen MR) is 109 cm³/mol. The Morgan fingerprint density at radius 3 is 2.14 bits per heavy atom.